The van der Waals surface area contributed by atoms with Gasteiger partial charge in [0.15, 0.2) is 11.5 Å². The largest absolute Gasteiger partial charge is 0.493 e. The van der Waals surface area contributed by atoms with Gasteiger partial charge < -0.3 is 19.4 Å². The maximum absolute atomic E-state index is 12.6. The van der Waals surface area contributed by atoms with E-state index in [1.165, 1.54) is 0 Å². The van der Waals surface area contributed by atoms with Gasteiger partial charge in [-0.05, 0) is 43.6 Å². The highest BCUT2D eigenvalue weighted by molar-refractivity contribution is 5.90. The highest BCUT2D eigenvalue weighted by atomic mass is 16.5. The predicted molar refractivity (Wildman–Crippen MR) is 82.3 cm³/mol. The molecule has 0 unspecified atom stereocenters. The Kier molecular flexibility index (Phi) is 3.84. The molecule has 1 aromatic heterocycles. The van der Waals surface area contributed by atoms with Gasteiger partial charge in [-0.3, -0.25) is 4.79 Å². The van der Waals surface area contributed by atoms with Crippen LogP contribution in [0.3, 0.4) is 0 Å². The maximum Gasteiger partial charge on any atom is 0.258 e. The lowest BCUT2D eigenvalue weighted by Crippen LogP contribution is -2.24. The second kappa shape index (κ2) is 5.77. The summed E-state index contributed by atoms with van der Waals surface area (Å²) in [6, 6.07) is 5.52. The molecule has 0 amide bonds. The van der Waals surface area contributed by atoms with E-state index < -0.39 is 0 Å². The molecule has 0 bridgehead atoms. The first kappa shape index (κ1) is 13.9. The standard InChI is InChI=1S/C16H20N2O3/c1-20-14-4-3-13-12(15(14)21-2)6-8-18(16(13)19)10-11-5-7-17-9-11/h3-4,6,8,11,17H,5,7,9-10H2,1-2H3/t11-/m0/s1. The number of benzene rings is 1. The molecule has 5 nitrogen and oxygen atoms in total. The number of rotatable bonds is 4. The van der Waals surface area contributed by atoms with E-state index in [9.17, 15) is 4.79 Å². The van der Waals surface area contributed by atoms with Gasteiger partial charge in [-0.15, -0.1) is 0 Å². The lowest BCUT2D eigenvalue weighted by atomic mass is 10.1. The average molecular weight is 288 g/mol. The molecule has 1 aliphatic heterocycles. The smallest absolute Gasteiger partial charge is 0.258 e. The van der Waals surface area contributed by atoms with Crippen LogP contribution in [0.1, 0.15) is 6.42 Å². The summed E-state index contributed by atoms with van der Waals surface area (Å²) in [4.78, 5) is 12.6. The van der Waals surface area contributed by atoms with Crippen molar-refractivity contribution in [3.05, 3.63) is 34.7 Å². The Morgan fingerprint density at radius 3 is 2.76 bits per heavy atom. The van der Waals surface area contributed by atoms with Crippen LogP contribution >= 0.6 is 0 Å². The monoisotopic (exact) mass is 288 g/mol. The Balaban J connectivity index is 2.06. The minimum Gasteiger partial charge on any atom is -0.493 e. The van der Waals surface area contributed by atoms with Gasteiger partial charge in [0.1, 0.15) is 0 Å². The van der Waals surface area contributed by atoms with Crippen molar-refractivity contribution < 1.29 is 9.47 Å². The molecule has 0 radical (unpaired) electrons. The topological polar surface area (TPSA) is 52.5 Å². The Morgan fingerprint density at radius 1 is 1.24 bits per heavy atom. The molecule has 1 fully saturated rings. The molecule has 2 aromatic rings. The maximum atomic E-state index is 12.6. The van der Waals surface area contributed by atoms with Crippen molar-refractivity contribution in [1.82, 2.24) is 9.88 Å². The first-order valence-corrected chi connectivity index (χ1v) is 7.19. The zero-order valence-corrected chi connectivity index (χ0v) is 12.4. The molecule has 1 aliphatic rings. The van der Waals surface area contributed by atoms with E-state index >= 15 is 0 Å². The van der Waals surface area contributed by atoms with E-state index in [-0.39, 0.29) is 5.56 Å². The Morgan fingerprint density at radius 2 is 2.10 bits per heavy atom. The number of ether oxygens (including phenoxy) is 2. The summed E-state index contributed by atoms with van der Waals surface area (Å²) < 4.78 is 12.5. The number of hydrogen-bond donors (Lipinski definition) is 1. The van der Waals surface area contributed by atoms with Gasteiger partial charge in [0, 0.05) is 18.1 Å². The van der Waals surface area contributed by atoms with Crippen molar-refractivity contribution in [3.8, 4) is 11.5 Å². The molecule has 2 heterocycles. The fourth-order valence-electron chi connectivity index (χ4n) is 2.98. The highest BCUT2D eigenvalue weighted by Crippen LogP contribution is 2.33. The molecular weight excluding hydrogens is 268 g/mol. The van der Waals surface area contributed by atoms with Crippen LogP contribution in [0.2, 0.25) is 0 Å². The Labute approximate surface area is 123 Å². The summed E-state index contributed by atoms with van der Waals surface area (Å²) in [5, 5.41) is 4.79. The second-order valence-electron chi connectivity index (χ2n) is 5.39. The molecular formula is C16H20N2O3. The van der Waals surface area contributed by atoms with Gasteiger partial charge in [-0.2, -0.15) is 0 Å². The van der Waals surface area contributed by atoms with Crippen LogP contribution in [0.5, 0.6) is 11.5 Å². The predicted octanol–water partition coefficient (Wildman–Crippen LogP) is 1.63. The molecule has 1 saturated heterocycles. The first-order valence-electron chi connectivity index (χ1n) is 7.19. The number of methoxy groups -OCH3 is 2. The molecule has 1 aromatic carbocycles. The van der Waals surface area contributed by atoms with Gasteiger partial charge in [0.05, 0.1) is 19.6 Å². The molecule has 0 spiro atoms. The van der Waals surface area contributed by atoms with Crippen LogP contribution in [-0.4, -0.2) is 31.9 Å². The molecule has 0 aliphatic carbocycles. The van der Waals surface area contributed by atoms with E-state index in [2.05, 4.69) is 5.32 Å². The lowest BCUT2D eigenvalue weighted by molar-refractivity contribution is 0.358. The van der Waals surface area contributed by atoms with Gasteiger partial charge in [0.25, 0.3) is 5.56 Å². The number of pyridine rings is 1. The molecule has 0 saturated carbocycles. The number of fused-ring (bicyclic) bond motifs is 1. The van der Waals surface area contributed by atoms with Crippen molar-refractivity contribution in [2.45, 2.75) is 13.0 Å². The normalized spacial score (nSPS) is 18.1. The quantitative estimate of drug-likeness (QED) is 0.929. The fourth-order valence-corrected chi connectivity index (χ4v) is 2.98. The molecule has 112 valence electrons. The summed E-state index contributed by atoms with van der Waals surface area (Å²) in [6.45, 7) is 2.78. The molecule has 3 rings (SSSR count). The van der Waals surface area contributed by atoms with Gasteiger partial charge in [-0.1, -0.05) is 0 Å². The summed E-state index contributed by atoms with van der Waals surface area (Å²) in [7, 11) is 3.19. The molecule has 1 atom stereocenters. The zero-order chi connectivity index (χ0) is 14.8. The molecule has 21 heavy (non-hydrogen) atoms. The van der Waals surface area contributed by atoms with Crippen molar-refractivity contribution in [3.63, 3.8) is 0 Å². The lowest BCUT2D eigenvalue weighted by Gasteiger charge is -2.14. The molecule has 1 N–H and O–H groups in total. The minimum absolute atomic E-state index is 0.0281. The van der Waals surface area contributed by atoms with Gasteiger partial charge >= 0.3 is 0 Å². The van der Waals surface area contributed by atoms with Crippen molar-refractivity contribution >= 4 is 10.8 Å². The summed E-state index contributed by atoms with van der Waals surface area (Å²) in [5.41, 5.74) is 0.0281. The first-order chi connectivity index (χ1) is 10.2. The van der Waals surface area contributed by atoms with Crippen LogP contribution in [0.15, 0.2) is 29.2 Å². The van der Waals surface area contributed by atoms with Crippen molar-refractivity contribution in [1.29, 1.82) is 0 Å². The minimum atomic E-state index is 0.0281. The Hall–Kier alpha value is -2.01. The van der Waals surface area contributed by atoms with E-state index in [4.69, 9.17) is 9.47 Å². The van der Waals surface area contributed by atoms with Crippen LogP contribution in [0, 0.1) is 5.92 Å². The Bertz CT molecular complexity index is 702. The van der Waals surface area contributed by atoms with Gasteiger partial charge in [0.2, 0.25) is 0 Å². The van der Waals surface area contributed by atoms with Crippen LogP contribution < -0.4 is 20.3 Å². The van der Waals surface area contributed by atoms with Crippen LogP contribution in [-0.2, 0) is 6.54 Å². The van der Waals surface area contributed by atoms with E-state index in [0.29, 0.717) is 22.8 Å². The van der Waals surface area contributed by atoms with Gasteiger partial charge in [-0.25, -0.2) is 0 Å². The van der Waals surface area contributed by atoms with Crippen molar-refractivity contribution in [2.24, 2.45) is 5.92 Å². The fraction of sp³-hybridized carbons (Fsp3) is 0.438. The third kappa shape index (κ3) is 2.49. The van der Waals surface area contributed by atoms with Crippen LogP contribution in [0.4, 0.5) is 0 Å². The summed E-state index contributed by atoms with van der Waals surface area (Å²) >= 11 is 0. The summed E-state index contributed by atoms with van der Waals surface area (Å²) in [5.74, 6) is 1.78. The van der Waals surface area contributed by atoms with Crippen LogP contribution in [0.25, 0.3) is 10.8 Å². The third-order valence-electron chi connectivity index (χ3n) is 4.11. The zero-order valence-electron chi connectivity index (χ0n) is 12.4. The number of nitrogens with zero attached hydrogens (tertiary/aromatic N) is 1. The second-order valence-corrected chi connectivity index (χ2v) is 5.39. The van der Waals surface area contributed by atoms with E-state index in [0.717, 1.165) is 31.4 Å². The average Bonchev–Trinajstić information content (AvgIpc) is 3.02. The summed E-state index contributed by atoms with van der Waals surface area (Å²) in [6.07, 6.45) is 2.97. The SMILES string of the molecule is COc1ccc2c(=O)n(C[C@H]3CCNC3)ccc2c1OC. The highest BCUT2D eigenvalue weighted by Gasteiger charge is 2.17. The number of aromatic nitrogens is 1. The van der Waals surface area contributed by atoms with E-state index in [1.54, 1.807) is 24.9 Å². The number of nitrogens with one attached hydrogen (secondary N) is 1. The van der Waals surface area contributed by atoms with E-state index in [1.807, 2.05) is 18.3 Å². The number of hydrogen-bond acceptors (Lipinski definition) is 4. The molecule has 5 heteroatoms. The third-order valence-corrected chi connectivity index (χ3v) is 4.11. The van der Waals surface area contributed by atoms with Crippen molar-refractivity contribution in [2.75, 3.05) is 27.3 Å².